The molecule has 0 amide bonds. The molecule has 8 N–H and O–H groups in total. The maximum Gasteiger partial charge on any atom is 0.469 e. The molecule has 15 heteroatoms. The second-order valence-electron chi connectivity index (χ2n) is 3.79. The van der Waals surface area contributed by atoms with Crippen LogP contribution in [-0.4, -0.2) is 77.0 Å². The lowest BCUT2D eigenvalue weighted by Crippen LogP contribution is -2.58. The number of hydrogen-bond acceptors (Lipinski definition) is 8. The summed E-state index contributed by atoms with van der Waals surface area (Å²) >= 11 is 0. The van der Waals surface area contributed by atoms with E-state index in [9.17, 15) is 29.2 Å². The number of aliphatic hydroxyl groups excluding tert-OH is 2. The van der Waals surface area contributed by atoms with E-state index in [-0.39, 0.29) is 0 Å². The van der Waals surface area contributed by atoms with Gasteiger partial charge in [0.15, 0.2) is 0 Å². The highest BCUT2D eigenvalue weighted by Crippen LogP contribution is 2.38. The van der Waals surface area contributed by atoms with Crippen LogP contribution in [0.3, 0.4) is 0 Å². The molecule has 0 saturated carbocycles. The summed E-state index contributed by atoms with van der Waals surface area (Å²) in [5, 5.41) is 37.1. The first-order chi connectivity index (χ1) is 9.19. The van der Waals surface area contributed by atoms with E-state index in [0.29, 0.717) is 0 Å². The Kier molecular flexibility index (Phi) is 7.07. The van der Waals surface area contributed by atoms with Gasteiger partial charge in [0.25, 0.3) is 0 Å². The smallest absolute Gasteiger partial charge is 0.469 e. The van der Waals surface area contributed by atoms with Gasteiger partial charge in [-0.2, -0.15) is 0 Å². The Morgan fingerprint density at radius 1 is 1.05 bits per heavy atom. The third kappa shape index (κ3) is 7.40. The van der Waals surface area contributed by atoms with E-state index in [0.717, 1.165) is 0 Å². The number of carboxylic acids is 1. The molecule has 0 fully saturated rings. The van der Waals surface area contributed by atoms with Crippen molar-refractivity contribution < 1.29 is 63.0 Å². The minimum Gasteiger partial charge on any atom is -0.479 e. The van der Waals surface area contributed by atoms with Gasteiger partial charge in [-0.25, -0.2) is 13.9 Å². The summed E-state index contributed by atoms with van der Waals surface area (Å²) in [7, 11) is -10.2. The standard InChI is InChI=1S/C6H14O13P2/c7-3(1-18-20(12,13)14)4(8)6(11,5(9)10)2-19-21(15,16)17/h3-4,7-8,11H,1-2H2,(H,9,10)(H2,12,13,14)(H2,15,16,17)/t3-,4?,6-/m0/s1. The zero-order valence-corrected chi connectivity index (χ0v) is 11.9. The number of phosphoric acid groups is 2. The van der Waals surface area contributed by atoms with Crippen LogP contribution >= 0.6 is 15.6 Å². The first-order valence-corrected chi connectivity index (χ1v) is 7.97. The van der Waals surface area contributed by atoms with Gasteiger partial charge < -0.3 is 40.0 Å². The molecule has 0 bridgehead atoms. The van der Waals surface area contributed by atoms with Gasteiger partial charge in [0.05, 0.1) is 6.61 Å². The van der Waals surface area contributed by atoms with Crippen molar-refractivity contribution in [2.75, 3.05) is 13.2 Å². The molecule has 0 aliphatic carbocycles. The Morgan fingerprint density at radius 2 is 1.48 bits per heavy atom. The second kappa shape index (κ2) is 7.22. The SMILES string of the molecule is O=C(O)[C@](O)(COP(=O)(O)O)C(O)[C@@H](O)COP(=O)(O)O. The first kappa shape index (κ1) is 20.6. The summed E-state index contributed by atoms with van der Waals surface area (Å²) < 4.78 is 28.4. The van der Waals surface area contributed by atoms with Gasteiger partial charge in [-0.3, -0.25) is 9.05 Å². The van der Waals surface area contributed by atoms with Crippen LogP contribution in [0.2, 0.25) is 0 Å². The summed E-state index contributed by atoms with van der Waals surface area (Å²) in [5.41, 5.74) is -3.36. The summed E-state index contributed by atoms with van der Waals surface area (Å²) in [5.74, 6) is -2.21. The molecule has 0 aliphatic rings. The van der Waals surface area contributed by atoms with Crippen molar-refractivity contribution in [3.8, 4) is 0 Å². The third-order valence-electron chi connectivity index (χ3n) is 2.09. The molecule has 0 saturated heterocycles. The Morgan fingerprint density at radius 3 is 1.81 bits per heavy atom. The monoisotopic (exact) mass is 356 g/mol. The molecular weight excluding hydrogens is 342 g/mol. The molecule has 0 heterocycles. The van der Waals surface area contributed by atoms with Crippen molar-refractivity contribution in [3.05, 3.63) is 0 Å². The number of carbonyl (C=O) groups is 1. The lowest BCUT2D eigenvalue weighted by atomic mass is 9.94. The quantitative estimate of drug-likeness (QED) is 0.190. The molecule has 0 aromatic heterocycles. The summed E-state index contributed by atoms with van der Waals surface area (Å²) in [6, 6.07) is 0. The molecule has 126 valence electrons. The zero-order valence-electron chi connectivity index (χ0n) is 10.1. The van der Waals surface area contributed by atoms with E-state index in [1.54, 1.807) is 0 Å². The predicted octanol–water partition coefficient (Wildman–Crippen LogP) is -3.26. The van der Waals surface area contributed by atoms with Crippen LogP contribution in [0.15, 0.2) is 0 Å². The highest BCUT2D eigenvalue weighted by molar-refractivity contribution is 7.46. The Hall–Kier alpha value is -0.430. The fourth-order valence-electron chi connectivity index (χ4n) is 1.04. The summed E-state index contributed by atoms with van der Waals surface area (Å²) in [6.45, 7) is -2.88. The van der Waals surface area contributed by atoms with Gasteiger partial charge in [0.1, 0.15) is 18.8 Å². The number of carboxylic acid groups (broad SMARTS) is 1. The lowest BCUT2D eigenvalue weighted by molar-refractivity contribution is -0.190. The Labute approximate surface area is 116 Å². The molecule has 21 heavy (non-hydrogen) atoms. The summed E-state index contributed by atoms with van der Waals surface area (Å²) in [6.07, 6.45) is -4.94. The third-order valence-corrected chi connectivity index (χ3v) is 3.04. The van der Waals surface area contributed by atoms with Crippen LogP contribution in [0.5, 0.6) is 0 Å². The molecule has 0 radical (unpaired) electrons. The minimum atomic E-state index is -5.19. The zero-order chi connectivity index (χ0) is 17.1. The van der Waals surface area contributed by atoms with Crippen LogP contribution in [0.1, 0.15) is 0 Å². The first-order valence-electron chi connectivity index (χ1n) is 4.91. The predicted molar refractivity (Wildman–Crippen MR) is 60.6 cm³/mol. The fourth-order valence-corrected chi connectivity index (χ4v) is 1.75. The largest absolute Gasteiger partial charge is 0.479 e. The number of aliphatic hydroxyl groups is 3. The van der Waals surface area contributed by atoms with Gasteiger partial charge in [0.2, 0.25) is 5.60 Å². The van der Waals surface area contributed by atoms with E-state index in [1.165, 1.54) is 0 Å². The lowest BCUT2D eigenvalue weighted by Gasteiger charge is -2.31. The molecule has 1 unspecified atom stereocenters. The van der Waals surface area contributed by atoms with Crippen LogP contribution in [0.25, 0.3) is 0 Å². The molecule has 0 spiro atoms. The average molecular weight is 356 g/mol. The van der Waals surface area contributed by atoms with Crippen molar-refractivity contribution >= 4 is 21.6 Å². The topological polar surface area (TPSA) is 232 Å². The van der Waals surface area contributed by atoms with Crippen LogP contribution in [0, 0.1) is 0 Å². The number of hydrogen-bond donors (Lipinski definition) is 8. The molecule has 3 atom stereocenters. The maximum absolute atomic E-state index is 10.8. The van der Waals surface area contributed by atoms with Crippen molar-refractivity contribution in [1.29, 1.82) is 0 Å². The van der Waals surface area contributed by atoms with Crippen molar-refractivity contribution in [1.82, 2.24) is 0 Å². The van der Waals surface area contributed by atoms with Gasteiger partial charge >= 0.3 is 21.6 Å². The van der Waals surface area contributed by atoms with Gasteiger partial charge in [-0.15, -0.1) is 0 Å². The van der Waals surface area contributed by atoms with E-state index in [1.807, 2.05) is 0 Å². The van der Waals surface area contributed by atoms with Crippen LogP contribution in [0.4, 0.5) is 0 Å². The molecule has 13 nitrogen and oxygen atoms in total. The molecule has 0 aromatic carbocycles. The average Bonchev–Trinajstić information content (AvgIpc) is 2.29. The molecule has 0 aliphatic heterocycles. The summed E-state index contributed by atoms with van der Waals surface area (Å²) in [4.78, 5) is 44.4. The van der Waals surface area contributed by atoms with Crippen LogP contribution in [-0.2, 0) is 23.0 Å². The number of phosphoric ester groups is 2. The Bertz CT molecular complexity index is 452. The van der Waals surface area contributed by atoms with E-state index in [4.69, 9.17) is 24.7 Å². The molecule has 0 rings (SSSR count). The number of aliphatic carboxylic acids is 1. The normalized spacial score (nSPS) is 18.8. The molecular formula is C6H14O13P2. The number of rotatable bonds is 9. The highest BCUT2D eigenvalue weighted by atomic mass is 31.2. The van der Waals surface area contributed by atoms with E-state index >= 15 is 0 Å². The molecule has 0 aromatic rings. The highest BCUT2D eigenvalue weighted by Gasteiger charge is 2.49. The minimum absolute atomic E-state index is 1.27. The van der Waals surface area contributed by atoms with Crippen molar-refractivity contribution in [3.63, 3.8) is 0 Å². The van der Waals surface area contributed by atoms with E-state index < -0.39 is 52.6 Å². The maximum atomic E-state index is 10.8. The van der Waals surface area contributed by atoms with Gasteiger partial charge in [-0.1, -0.05) is 0 Å². The van der Waals surface area contributed by atoms with Gasteiger partial charge in [0, 0.05) is 0 Å². The van der Waals surface area contributed by atoms with Crippen molar-refractivity contribution in [2.24, 2.45) is 0 Å². The van der Waals surface area contributed by atoms with Crippen molar-refractivity contribution in [2.45, 2.75) is 17.8 Å². The van der Waals surface area contributed by atoms with Crippen LogP contribution < -0.4 is 0 Å². The fraction of sp³-hybridized carbons (Fsp3) is 0.833. The second-order valence-corrected chi connectivity index (χ2v) is 6.27. The Balaban J connectivity index is 4.97. The van der Waals surface area contributed by atoms with E-state index in [2.05, 4.69) is 9.05 Å². The van der Waals surface area contributed by atoms with Gasteiger partial charge in [-0.05, 0) is 0 Å².